The monoisotopic (exact) mass is 378 g/mol. The molecule has 2 amide bonds. The number of nitrogens with one attached hydrogen (secondary N) is 1. The van der Waals surface area contributed by atoms with Crippen LogP contribution in [0.3, 0.4) is 0 Å². The van der Waals surface area contributed by atoms with Gasteiger partial charge in [-0.2, -0.15) is 5.10 Å². The molecule has 1 atom stereocenters. The maximum absolute atomic E-state index is 12.7. The predicted octanol–water partition coefficient (Wildman–Crippen LogP) is 1.59. The average molecular weight is 378 g/mol. The number of fused-ring (bicyclic) bond motifs is 1. The molecule has 144 valence electrons. The van der Waals surface area contributed by atoms with E-state index in [1.54, 1.807) is 24.5 Å². The van der Waals surface area contributed by atoms with Crippen molar-refractivity contribution in [1.82, 2.24) is 30.0 Å². The van der Waals surface area contributed by atoms with E-state index >= 15 is 0 Å². The topological polar surface area (TPSA) is 93.0 Å². The first kappa shape index (κ1) is 18.1. The van der Waals surface area contributed by atoms with E-state index in [0.717, 1.165) is 23.1 Å². The molecule has 1 unspecified atom stereocenters. The Morgan fingerprint density at radius 2 is 2.04 bits per heavy atom. The molecule has 0 aliphatic carbocycles. The number of hydrogen-bond acceptors (Lipinski definition) is 5. The van der Waals surface area contributed by atoms with Crippen molar-refractivity contribution in [2.45, 2.75) is 25.8 Å². The molecule has 1 aliphatic heterocycles. The van der Waals surface area contributed by atoms with Crippen LogP contribution in [0.1, 0.15) is 35.4 Å². The van der Waals surface area contributed by atoms with Gasteiger partial charge in [0.2, 0.25) is 5.91 Å². The van der Waals surface area contributed by atoms with Gasteiger partial charge in [0.05, 0.1) is 12.2 Å². The second kappa shape index (κ2) is 7.75. The molecule has 1 fully saturated rings. The Kier molecular flexibility index (Phi) is 5.01. The molecule has 0 bridgehead atoms. The standard InChI is InChI=1S/C20H22N6O2/c1-14(27)21-10-12-26-19-16(5-4-9-23-19)18(24-26)15-7-11-25(13-15)20(28)17-6-2-3-8-22-17/h2-6,8-9,15H,7,10-13H2,1H3,(H,21,27). The number of amides is 2. The number of aromatic nitrogens is 4. The van der Waals surface area contributed by atoms with Gasteiger partial charge in [-0.05, 0) is 30.7 Å². The molecule has 8 heteroatoms. The summed E-state index contributed by atoms with van der Waals surface area (Å²) < 4.78 is 1.84. The zero-order chi connectivity index (χ0) is 19.5. The minimum Gasteiger partial charge on any atom is -0.354 e. The quantitative estimate of drug-likeness (QED) is 0.728. The van der Waals surface area contributed by atoms with Crippen molar-refractivity contribution in [1.29, 1.82) is 0 Å². The van der Waals surface area contributed by atoms with E-state index in [9.17, 15) is 9.59 Å². The van der Waals surface area contributed by atoms with Gasteiger partial charge in [0.15, 0.2) is 5.65 Å². The molecule has 3 aromatic rings. The lowest BCUT2D eigenvalue weighted by molar-refractivity contribution is -0.118. The minimum absolute atomic E-state index is 0.0457. The summed E-state index contributed by atoms with van der Waals surface area (Å²) in [5, 5.41) is 8.58. The second-order valence-electron chi connectivity index (χ2n) is 6.92. The molecule has 1 aliphatic rings. The van der Waals surface area contributed by atoms with E-state index in [4.69, 9.17) is 5.10 Å². The Balaban J connectivity index is 1.54. The van der Waals surface area contributed by atoms with Crippen molar-refractivity contribution in [2.75, 3.05) is 19.6 Å². The zero-order valence-electron chi connectivity index (χ0n) is 15.7. The Bertz CT molecular complexity index is 1000. The molecule has 1 N–H and O–H groups in total. The Morgan fingerprint density at radius 1 is 1.18 bits per heavy atom. The number of nitrogens with zero attached hydrogens (tertiary/aromatic N) is 5. The molecule has 3 aromatic heterocycles. The average Bonchev–Trinajstić information content (AvgIpc) is 3.33. The summed E-state index contributed by atoms with van der Waals surface area (Å²) >= 11 is 0. The minimum atomic E-state index is -0.0656. The maximum Gasteiger partial charge on any atom is 0.272 e. The van der Waals surface area contributed by atoms with Gasteiger partial charge < -0.3 is 10.2 Å². The molecular formula is C20H22N6O2. The van der Waals surface area contributed by atoms with Crippen LogP contribution in [0.25, 0.3) is 11.0 Å². The van der Waals surface area contributed by atoms with Crippen LogP contribution in [-0.2, 0) is 11.3 Å². The van der Waals surface area contributed by atoms with Gasteiger partial charge in [-0.25, -0.2) is 9.67 Å². The SMILES string of the molecule is CC(=O)NCCn1nc(C2CCN(C(=O)c3ccccn3)C2)c2cccnc21. The summed E-state index contributed by atoms with van der Waals surface area (Å²) in [6.07, 6.45) is 4.23. The molecule has 28 heavy (non-hydrogen) atoms. The van der Waals surface area contributed by atoms with E-state index in [1.807, 2.05) is 27.8 Å². The van der Waals surface area contributed by atoms with Crippen molar-refractivity contribution in [3.63, 3.8) is 0 Å². The largest absolute Gasteiger partial charge is 0.354 e. The van der Waals surface area contributed by atoms with Gasteiger partial charge >= 0.3 is 0 Å². The van der Waals surface area contributed by atoms with Gasteiger partial charge in [-0.1, -0.05) is 6.07 Å². The van der Waals surface area contributed by atoms with E-state index in [2.05, 4.69) is 15.3 Å². The van der Waals surface area contributed by atoms with Crippen molar-refractivity contribution in [3.05, 3.63) is 54.1 Å². The Morgan fingerprint density at radius 3 is 2.82 bits per heavy atom. The summed E-state index contributed by atoms with van der Waals surface area (Å²) in [4.78, 5) is 34.3. The molecule has 1 saturated heterocycles. The fourth-order valence-electron chi connectivity index (χ4n) is 3.65. The highest BCUT2D eigenvalue weighted by molar-refractivity contribution is 5.92. The summed E-state index contributed by atoms with van der Waals surface area (Å²) in [6, 6.07) is 9.28. The van der Waals surface area contributed by atoms with Crippen LogP contribution in [0.15, 0.2) is 42.7 Å². The van der Waals surface area contributed by atoms with Gasteiger partial charge in [-0.3, -0.25) is 14.6 Å². The van der Waals surface area contributed by atoms with E-state index in [-0.39, 0.29) is 17.7 Å². The van der Waals surface area contributed by atoms with Gasteiger partial charge in [0.25, 0.3) is 5.91 Å². The summed E-state index contributed by atoms with van der Waals surface area (Å²) in [5.74, 6) is 0.0427. The number of rotatable bonds is 5. The van der Waals surface area contributed by atoms with E-state index in [0.29, 0.717) is 31.9 Å². The van der Waals surface area contributed by atoms with Crippen LogP contribution in [0, 0.1) is 0 Å². The number of hydrogen-bond donors (Lipinski definition) is 1. The van der Waals surface area contributed by atoms with Gasteiger partial charge in [-0.15, -0.1) is 0 Å². The zero-order valence-corrected chi connectivity index (χ0v) is 15.7. The summed E-state index contributed by atoms with van der Waals surface area (Å²) in [5.41, 5.74) is 2.23. The first-order valence-corrected chi connectivity index (χ1v) is 9.39. The lowest BCUT2D eigenvalue weighted by Crippen LogP contribution is -2.29. The normalized spacial score (nSPS) is 16.5. The molecule has 8 nitrogen and oxygen atoms in total. The highest BCUT2D eigenvalue weighted by Gasteiger charge is 2.31. The third-order valence-corrected chi connectivity index (χ3v) is 4.98. The lowest BCUT2D eigenvalue weighted by Gasteiger charge is -2.15. The van der Waals surface area contributed by atoms with Crippen molar-refractivity contribution >= 4 is 22.8 Å². The molecule has 0 spiro atoms. The smallest absolute Gasteiger partial charge is 0.272 e. The Labute approximate surface area is 162 Å². The first-order valence-electron chi connectivity index (χ1n) is 9.39. The van der Waals surface area contributed by atoms with E-state index < -0.39 is 0 Å². The number of likely N-dealkylation sites (tertiary alicyclic amines) is 1. The van der Waals surface area contributed by atoms with Crippen LogP contribution in [0.2, 0.25) is 0 Å². The molecule has 0 saturated carbocycles. The first-order chi connectivity index (χ1) is 13.6. The van der Waals surface area contributed by atoms with Crippen LogP contribution in [-0.4, -0.2) is 56.1 Å². The highest BCUT2D eigenvalue weighted by atomic mass is 16.2. The van der Waals surface area contributed by atoms with Crippen molar-refractivity contribution in [3.8, 4) is 0 Å². The molecular weight excluding hydrogens is 356 g/mol. The van der Waals surface area contributed by atoms with Gasteiger partial charge in [0, 0.05) is 50.3 Å². The summed E-state index contributed by atoms with van der Waals surface area (Å²) in [7, 11) is 0. The number of pyridine rings is 2. The fraction of sp³-hybridized carbons (Fsp3) is 0.350. The second-order valence-corrected chi connectivity index (χ2v) is 6.92. The highest BCUT2D eigenvalue weighted by Crippen LogP contribution is 2.31. The van der Waals surface area contributed by atoms with Gasteiger partial charge in [0.1, 0.15) is 5.69 Å². The molecule has 4 heterocycles. The molecule has 4 rings (SSSR count). The maximum atomic E-state index is 12.7. The van der Waals surface area contributed by atoms with Crippen LogP contribution >= 0.6 is 0 Å². The Hall–Kier alpha value is -3.29. The third kappa shape index (κ3) is 3.58. The summed E-state index contributed by atoms with van der Waals surface area (Å²) in [6.45, 7) is 3.84. The number of carbonyl (C=O) groups excluding carboxylic acids is 2. The fourth-order valence-corrected chi connectivity index (χ4v) is 3.65. The van der Waals surface area contributed by atoms with Crippen LogP contribution in [0.4, 0.5) is 0 Å². The third-order valence-electron chi connectivity index (χ3n) is 4.98. The van der Waals surface area contributed by atoms with Crippen LogP contribution < -0.4 is 5.32 Å². The predicted molar refractivity (Wildman–Crippen MR) is 104 cm³/mol. The lowest BCUT2D eigenvalue weighted by atomic mass is 10.0. The van der Waals surface area contributed by atoms with E-state index in [1.165, 1.54) is 6.92 Å². The molecule has 0 aromatic carbocycles. The van der Waals surface area contributed by atoms with Crippen molar-refractivity contribution in [2.24, 2.45) is 0 Å². The van der Waals surface area contributed by atoms with Crippen LogP contribution in [0.5, 0.6) is 0 Å². The molecule has 0 radical (unpaired) electrons. The van der Waals surface area contributed by atoms with Crippen molar-refractivity contribution < 1.29 is 9.59 Å². The number of carbonyl (C=O) groups is 2.